The van der Waals surface area contributed by atoms with Crippen LogP contribution < -0.4 is 9.64 Å². The molecule has 0 spiro atoms. The van der Waals surface area contributed by atoms with Gasteiger partial charge in [-0.2, -0.15) is 13.2 Å². The maximum Gasteiger partial charge on any atom is 0.420 e. The number of carbonyl (C=O) groups is 2. The van der Waals surface area contributed by atoms with Crippen LogP contribution in [-0.2, 0) is 20.4 Å². The maximum absolute atomic E-state index is 15.4. The molecule has 0 bridgehead atoms. The van der Waals surface area contributed by atoms with E-state index in [1.807, 2.05) is 0 Å². The molecular weight excluding hydrogens is 518 g/mol. The van der Waals surface area contributed by atoms with Crippen LogP contribution in [0.3, 0.4) is 0 Å². The number of esters is 1. The number of nitrogens with zero attached hydrogens (tertiary/aromatic N) is 1. The first-order valence-corrected chi connectivity index (χ1v) is 12.7. The van der Waals surface area contributed by atoms with Crippen LogP contribution in [0.5, 0.6) is 11.5 Å². The van der Waals surface area contributed by atoms with Gasteiger partial charge in [-0.25, -0.2) is 9.18 Å². The van der Waals surface area contributed by atoms with Crippen LogP contribution in [0.4, 0.5) is 23.2 Å². The molecule has 2 aromatic carbocycles. The Labute approximate surface area is 225 Å². The minimum atomic E-state index is -4.81. The Morgan fingerprint density at radius 2 is 1.69 bits per heavy atom. The van der Waals surface area contributed by atoms with E-state index in [-0.39, 0.29) is 28.6 Å². The molecule has 0 heterocycles. The van der Waals surface area contributed by atoms with E-state index in [9.17, 15) is 22.8 Å². The fourth-order valence-electron chi connectivity index (χ4n) is 4.68. The van der Waals surface area contributed by atoms with Crippen molar-refractivity contribution in [3.05, 3.63) is 59.1 Å². The molecule has 0 aliphatic heterocycles. The van der Waals surface area contributed by atoms with Crippen molar-refractivity contribution in [3.63, 3.8) is 0 Å². The van der Waals surface area contributed by atoms with Gasteiger partial charge >= 0.3 is 12.1 Å². The Kier molecular flexibility index (Phi) is 9.63. The van der Waals surface area contributed by atoms with Crippen molar-refractivity contribution < 1.29 is 41.4 Å². The number of rotatable bonds is 8. The molecule has 1 aliphatic rings. The third kappa shape index (κ3) is 7.10. The minimum absolute atomic E-state index is 0.0265. The molecule has 0 N–H and O–H groups in total. The molecule has 3 rings (SSSR count). The highest BCUT2D eigenvalue weighted by atomic mass is 19.4. The molecule has 1 amide bonds. The van der Waals surface area contributed by atoms with Gasteiger partial charge in [-0.3, -0.25) is 4.79 Å². The molecule has 0 atom stereocenters. The summed E-state index contributed by atoms with van der Waals surface area (Å²) < 4.78 is 71.9. The normalized spacial score (nSPS) is 17.8. The Hall–Kier alpha value is -3.56. The Morgan fingerprint density at radius 3 is 2.26 bits per heavy atom. The van der Waals surface area contributed by atoms with Gasteiger partial charge in [0.25, 0.3) is 0 Å². The number of hydrogen-bond acceptors (Lipinski definition) is 5. The Morgan fingerprint density at radius 1 is 1.03 bits per heavy atom. The van der Waals surface area contributed by atoms with Gasteiger partial charge in [-0.1, -0.05) is 13.0 Å². The summed E-state index contributed by atoms with van der Waals surface area (Å²) in [7, 11) is 2.47. The molecular formula is C29H33F4NO5. The molecule has 0 unspecified atom stereocenters. The number of carbonyl (C=O) groups excluding carboxylic acids is 2. The summed E-state index contributed by atoms with van der Waals surface area (Å²) in [4.78, 5) is 27.7. The number of amides is 1. The monoisotopic (exact) mass is 551 g/mol. The standard InChI is InChI=1S/C29H33F4NO5/c1-17(2)34(27(35)20-9-6-18(3)7-10-20)24-16-23(30)26(15-21(24)28(36)38-5)39-25-11-8-19(12-13-37-4)14-22(25)29(31,32)33/h8,11-18,20H,6-7,9-10H2,1-5H3. The number of hydrogen-bond donors (Lipinski definition) is 0. The van der Waals surface area contributed by atoms with Crippen molar-refractivity contribution in [1.29, 1.82) is 0 Å². The Balaban J connectivity index is 2.07. The zero-order chi connectivity index (χ0) is 28.9. The second-order valence-corrected chi connectivity index (χ2v) is 9.94. The quantitative estimate of drug-likeness (QED) is 0.192. The van der Waals surface area contributed by atoms with Crippen molar-refractivity contribution in [2.24, 2.45) is 11.8 Å². The first kappa shape index (κ1) is 30.0. The van der Waals surface area contributed by atoms with Crippen molar-refractivity contribution >= 4 is 23.6 Å². The van der Waals surface area contributed by atoms with Crippen molar-refractivity contribution in [2.75, 3.05) is 19.1 Å². The van der Waals surface area contributed by atoms with Gasteiger partial charge in [-0.15, -0.1) is 0 Å². The first-order chi connectivity index (χ1) is 18.4. The zero-order valence-corrected chi connectivity index (χ0v) is 22.6. The van der Waals surface area contributed by atoms with E-state index in [1.54, 1.807) is 13.8 Å². The number of anilines is 1. The average molecular weight is 552 g/mol. The van der Waals surface area contributed by atoms with E-state index >= 15 is 4.39 Å². The molecule has 0 radical (unpaired) electrons. The molecule has 2 aromatic rings. The van der Waals surface area contributed by atoms with Crippen molar-refractivity contribution in [1.82, 2.24) is 0 Å². The number of alkyl halides is 3. The number of halogens is 4. The topological polar surface area (TPSA) is 65.1 Å². The van der Waals surface area contributed by atoms with Gasteiger partial charge in [0.2, 0.25) is 5.91 Å². The lowest BCUT2D eigenvalue weighted by Gasteiger charge is -2.34. The lowest BCUT2D eigenvalue weighted by molar-refractivity contribution is -0.138. The summed E-state index contributed by atoms with van der Waals surface area (Å²) in [5.41, 5.74) is -1.19. The van der Waals surface area contributed by atoms with Crippen LogP contribution in [0.25, 0.3) is 6.08 Å². The van der Waals surface area contributed by atoms with Crippen LogP contribution in [0.2, 0.25) is 0 Å². The van der Waals surface area contributed by atoms with Crippen LogP contribution in [0.1, 0.15) is 67.9 Å². The summed E-state index contributed by atoms with van der Waals surface area (Å²) in [6, 6.07) is 4.71. The van der Waals surface area contributed by atoms with E-state index in [1.165, 1.54) is 30.4 Å². The van der Waals surface area contributed by atoms with Gasteiger partial charge in [0.05, 0.1) is 37.3 Å². The Bertz CT molecular complexity index is 1220. The molecule has 39 heavy (non-hydrogen) atoms. The average Bonchev–Trinajstić information content (AvgIpc) is 2.88. The van der Waals surface area contributed by atoms with Gasteiger partial charge in [-0.05, 0) is 69.2 Å². The maximum atomic E-state index is 15.4. The third-order valence-corrected chi connectivity index (χ3v) is 6.76. The molecule has 212 valence electrons. The fourth-order valence-corrected chi connectivity index (χ4v) is 4.68. The van der Waals surface area contributed by atoms with Gasteiger partial charge < -0.3 is 19.1 Å². The second kappa shape index (κ2) is 12.5. The van der Waals surface area contributed by atoms with Gasteiger partial charge in [0, 0.05) is 24.1 Å². The highest BCUT2D eigenvalue weighted by Gasteiger charge is 2.36. The van der Waals surface area contributed by atoms with Crippen LogP contribution in [0.15, 0.2) is 36.6 Å². The molecule has 6 nitrogen and oxygen atoms in total. The molecule has 1 aliphatic carbocycles. The second-order valence-electron chi connectivity index (χ2n) is 9.94. The molecule has 1 saturated carbocycles. The number of benzene rings is 2. The van der Waals surface area contributed by atoms with Crippen molar-refractivity contribution in [3.8, 4) is 11.5 Å². The van der Waals surface area contributed by atoms with Crippen LogP contribution in [-0.4, -0.2) is 32.1 Å². The molecule has 10 heteroatoms. The third-order valence-electron chi connectivity index (χ3n) is 6.76. The lowest BCUT2D eigenvalue weighted by atomic mass is 9.82. The lowest BCUT2D eigenvalue weighted by Crippen LogP contribution is -2.43. The zero-order valence-electron chi connectivity index (χ0n) is 22.6. The van der Waals surface area contributed by atoms with Crippen molar-refractivity contribution in [2.45, 2.75) is 58.7 Å². The summed E-state index contributed by atoms with van der Waals surface area (Å²) in [6.45, 7) is 5.60. The summed E-state index contributed by atoms with van der Waals surface area (Å²) in [5.74, 6) is -3.22. The predicted octanol–water partition coefficient (Wildman–Crippen LogP) is 7.61. The molecule has 1 fully saturated rings. The molecule has 0 aromatic heterocycles. The summed E-state index contributed by atoms with van der Waals surface area (Å²) >= 11 is 0. The van der Waals surface area contributed by atoms with Gasteiger partial charge in [0.1, 0.15) is 5.75 Å². The summed E-state index contributed by atoms with van der Waals surface area (Å²) in [5, 5.41) is 0. The highest BCUT2D eigenvalue weighted by Crippen LogP contribution is 2.41. The van der Waals surface area contributed by atoms with E-state index < -0.39 is 41.1 Å². The largest absolute Gasteiger partial charge is 0.504 e. The predicted molar refractivity (Wildman–Crippen MR) is 139 cm³/mol. The van der Waals surface area contributed by atoms with E-state index in [2.05, 4.69) is 6.92 Å². The van der Waals surface area contributed by atoms with E-state index in [4.69, 9.17) is 14.2 Å². The first-order valence-electron chi connectivity index (χ1n) is 12.7. The summed E-state index contributed by atoms with van der Waals surface area (Å²) in [6.07, 6.45) is 0.851. The SMILES string of the molecule is COC=Cc1ccc(Oc2cc(C(=O)OC)c(N(C(=O)C3CCC(C)CC3)C(C)C)cc2F)c(C(F)(F)F)c1. The smallest absolute Gasteiger partial charge is 0.420 e. The van der Waals surface area contributed by atoms with Crippen LogP contribution >= 0.6 is 0 Å². The number of ether oxygens (including phenoxy) is 3. The highest BCUT2D eigenvalue weighted by molar-refractivity contribution is 6.04. The van der Waals surface area contributed by atoms with Crippen LogP contribution in [0, 0.1) is 17.7 Å². The van der Waals surface area contributed by atoms with E-state index in [0.29, 0.717) is 18.8 Å². The van der Waals surface area contributed by atoms with E-state index in [0.717, 1.165) is 44.2 Å². The minimum Gasteiger partial charge on any atom is -0.504 e. The molecule has 0 saturated heterocycles. The number of methoxy groups -OCH3 is 2. The van der Waals surface area contributed by atoms with Gasteiger partial charge in [0.15, 0.2) is 11.6 Å². The fraction of sp³-hybridized carbons (Fsp3) is 0.448.